The summed E-state index contributed by atoms with van der Waals surface area (Å²) in [7, 11) is 1.95. The van der Waals surface area contributed by atoms with Gasteiger partial charge in [0.25, 0.3) is 0 Å². The number of morpholine rings is 1. The summed E-state index contributed by atoms with van der Waals surface area (Å²) in [5.74, 6) is 0.956. The predicted octanol–water partition coefficient (Wildman–Crippen LogP) is 6.78. The molecule has 5 nitrogen and oxygen atoms in total. The maximum atomic E-state index is 12.8. The molecule has 1 fully saturated rings. The van der Waals surface area contributed by atoms with Crippen LogP contribution in [0.25, 0.3) is 21.9 Å². The molecule has 0 saturated carbocycles. The molecule has 1 heterocycles. The maximum Gasteiger partial charge on any atom is 0.417 e. The van der Waals surface area contributed by atoms with E-state index >= 15 is 0 Å². The average Bonchev–Trinajstić information content (AvgIpc) is 2.98. The van der Waals surface area contributed by atoms with Gasteiger partial charge in [-0.25, -0.2) is 0 Å². The predicted molar refractivity (Wildman–Crippen MR) is 149 cm³/mol. The summed E-state index contributed by atoms with van der Waals surface area (Å²) in [6.45, 7) is 5.33. The van der Waals surface area contributed by atoms with Gasteiger partial charge in [0, 0.05) is 48.7 Å². The van der Waals surface area contributed by atoms with E-state index in [1.165, 1.54) is 29.7 Å². The van der Waals surface area contributed by atoms with Crippen molar-refractivity contribution in [1.29, 1.82) is 0 Å². The minimum absolute atomic E-state index is 0.0775. The van der Waals surface area contributed by atoms with E-state index in [9.17, 15) is 18.0 Å². The van der Waals surface area contributed by atoms with Crippen LogP contribution in [0.3, 0.4) is 0 Å². The molecule has 4 aromatic rings. The van der Waals surface area contributed by atoms with Crippen LogP contribution in [0.2, 0.25) is 0 Å². The summed E-state index contributed by atoms with van der Waals surface area (Å²) in [4.78, 5) is 13.0. The van der Waals surface area contributed by atoms with Gasteiger partial charge >= 0.3 is 6.18 Å². The standard InChI is InChI=1S/C17H22N2O2.C14H9F3O/c1-18-16-6-7-17(15-5-3-2-4-14(15)16)21-13-10-19-8-11-20-12-9-19;15-14(16,17)13-7-2-1-6-12(13)11-5-3-4-10(8-11)9-18/h2-7,18H,8-13H2,1H3;1-9H. The third-order valence-corrected chi connectivity index (χ3v) is 6.49. The van der Waals surface area contributed by atoms with Crippen LogP contribution >= 0.6 is 0 Å². The third kappa shape index (κ3) is 7.37. The maximum absolute atomic E-state index is 12.8. The summed E-state index contributed by atoms with van der Waals surface area (Å²) < 4.78 is 49.9. The lowest BCUT2D eigenvalue weighted by Gasteiger charge is -2.26. The summed E-state index contributed by atoms with van der Waals surface area (Å²) in [6.07, 6.45) is -3.80. The lowest BCUT2D eigenvalue weighted by Crippen LogP contribution is -2.38. The Morgan fingerprint density at radius 2 is 1.64 bits per heavy atom. The van der Waals surface area contributed by atoms with Crippen molar-refractivity contribution in [2.24, 2.45) is 0 Å². The molecule has 0 aromatic heterocycles. The highest BCUT2D eigenvalue weighted by atomic mass is 19.4. The normalized spacial score (nSPS) is 13.8. The molecule has 1 N–H and O–H groups in total. The second-order valence-electron chi connectivity index (χ2n) is 9.00. The first kappa shape index (κ1) is 28.1. The molecular formula is C31H31F3N2O3. The number of hydrogen-bond donors (Lipinski definition) is 1. The molecule has 8 heteroatoms. The number of nitrogens with zero attached hydrogens (tertiary/aromatic N) is 1. The van der Waals surface area contributed by atoms with Crippen LogP contribution in [0.4, 0.5) is 18.9 Å². The van der Waals surface area contributed by atoms with Gasteiger partial charge in [0.15, 0.2) is 0 Å². The van der Waals surface area contributed by atoms with Gasteiger partial charge in [-0.1, -0.05) is 60.7 Å². The summed E-state index contributed by atoms with van der Waals surface area (Å²) >= 11 is 0. The smallest absolute Gasteiger partial charge is 0.417 e. The van der Waals surface area contributed by atoms with Gasteiger partial charge in [0.2, 0.25) is 0 Å². The number of aldehydes is 1. The number of hydrogen-bond acceptors (Lipinski definition) is 5. The van der Waals surface area contributed by atoms with Crippen LogP contribution in [0.1, 0.15) is 15.9 Å². The minimum atomic E-state index is -4.41. The van der Waals surface area contributed by atoms with Crippen molar-refractivity contribution in [3.8, 4) is 16.9 Å². The summed E-state index contributed by atoms with van der Waals surface area (Å²) in [6, 6.07) is 23.9. The molecule has 0 radical (unpaired) electrons. The van der Waals surface area contributed by atoms with Crippen LogP contribution in [0, 0.1) is 0 Å². The number of fused-ring (bicyclic) bond motifs is 1. The molecule has 0 aliphatic carbocycles. The summed E-state index contributed by atoms with van der Waals surface area (Å²) in [5.41, 5.74) is 1.24. The monoisotopic (exact) mass is 536 g/mol. The fraction of sp³-hybridized carbons (Fsp3) is 0.258. The van der Waals surface area contributed by atoms with Crippen molar-refractivity contribution in [3.63, 3.8) is 0 Å². The Morgan fingerprint density at radius 3 is 2.36 bits per heavy atom. The molecule has 5 rings (SSSR count). The molecular weight excluding hydrogens is 505 g/mol. The molecule has 0 atom stereocenters. The van der Waals surface area contributed by atoms with E-state index in [2.05, 4.69) is 40.5 Å². The van der Waals surface area contributed by atoms with Gasteiger partial charge < -0.3 is 14.8 Å². The van der Waals surface area contributed by atoms with Gasteiger partial charge in [-0.05, 0) is 35.4 Å². The van der Waals surface area contributed by atoms with E-state index in [-0.39, 0.29) is 5.56 Å². The highest BCUT2D eigenvalue weighted by molar-refractivity contribution is 5.97. The van der Waals surface area contributed by atoms with Crippen molar-refractivity contribution in [2.75, 3.05) is 51.8 Å². The fourth-order valence-electron chi connectivity index (χ4n) is 4.49. The number of benzene rings is 4. The first-order valence-electron chi connectivity index (χ1n) is 12.7. The minimum Gasteiger partial charge on any atom is -0.492 e. The van der Waals surface area contributed by atoms with Crippen LogP contribution in [-0.4, -0.2) is 57.7 Å². The molecule has 39 heavy (non-hydrogen) atoms. The molecule has 0 bridgehead atoms. The number of ether oxygens (including phenoxy) is 2. The average molecular weight is 537 g/mol. The Morgan fingerprint density at radius 1 is 0.923 bits per heavy atom. The molecule has 0 amide bonds. The molecule has 0 spiro atoms. The lowest BCUT2D eigenvalue weighted by molar-refractivity contribution is -0.137. The van der Waals surface area contributed by atoms with Gasteiger partial charge in [-0.2, -0.15) is 13.2 Å². The largest absolute Gasteiger partial charge is 0.492 e. The zero-order chi connectivity index (χ0) is 27.7. The fourth-order valence-corrected chi connectivity index (χ4v) is 4.49. The third-order valence-electron chi connectivity index (χ3n) is 6.49. The highest BCUT2D eigenvalue weighted by Crippen LogP contribution is 2.37. The van der Waals surface area contributed by atoms with Gasteiger partial charge in [0.1, 0.15) is 18.6 Å². The van der Waals surface area contributed by atoms with Crippen molar-refractivity contribution in [3.05, 3.63) is 96.1 Å². The number of halogens is 3. The Labute approximate surface area is 226 Å². The highest BCUT2D eigenvalue weighted by Gasteiger charge is 2.33. The van der Waals surface area contributed by atoms with Crippen LogP contribution in [-0.2, 0) is 10.9 Å². The Bertz CT molecular complexity index is 1390. The molecule has 1 aliphatic rings. The number of anilines is 1. The van der Waals surface area contributed by atoms with E-state index in [1.807, 2.05) is 13.1 Å². The van der Waals surface area contributed by atoms with E-state index in [0.29, 0.717) is 24.0 Å². The second kappa shape index (κ2) is 13.3. The van der Waals surface area contributed by atoms with Crippen LogP contribution in [0.15, 0.2) is 84.9 Å². The molecule has 1 saturated heterocycles. The van der Waals surface area contributed by atoms with Crippen LogP contribution in [0.5, 0.6) is 5.75 Å². The van der Waals surface area contributed by atoms with Gasteiger partial charge in [0.05, 0.1) is 18.8 Å². The summed E-state index contributed by atoms with van der Waals surface area (Å²) in [5, 5.41) is 5.58. The van der Waals surface area contributed by atoms with E-state index in [4.69, 9.17) is 9.47 Å². The second-order valence-corrected chi connectivity index (χ2v) is 9.00. The number of alkyl halides is 3. The van der Waals surface area contributed by atoms with Crippen LogP contribution < -0.4 is 10.1 Å². The first-order valence-corrected chi connectivity index (χ1v) is 12.7. The Kier molecular flexibility index (Phi) is 9.57. The van der Waals surface area contributed by atoms with Crippen molar-refractivity contribution in [1.82, 2.24) is 4.90 Å². The topological polar surface area (TPSA) is 50.8 Å². The van der Waals surface area contributed by atoms with E-state index < -0.39 is 11.7 Å². The van der Waals surface area contributed by atoms with E-state index in [1.54, 1.807) is 18.2 Å². The Balaban J connectivity index is 0.000000183. The SMILES string of the molecule is CNc1ccc(OCCN2CCOCC2)c2ccccc12.O=Cc1cccc(-c2ccccc2C(F)(F)F)c1. The first-order chi connectivity index (χ1) is 18.9. The Hall–Kier alpha value is -3.88. The number of rotatable bonds is 7. The zero-order valence-electron chi connectivity index (χ0n) is 21.7. The zero-order valence-corrected chi connectivity index (χ0v) is 21.7. The van der Waals surface area contributed by atoms with Gasteiger partial charge in [-0.3, -0.25) is 9.69 Å². The molecule has 0 unspecified atom stereocenters. The molecule has 204 valence electrons. The van der Waals surface area contributed by atoms with Crippen molar-refractivity contribution < 1.29 is 27.4 Å². The lowest BCUT2D eigenvalue weighted by atomic mass is 9.98. The van der Waals surface area contributed by atoms with Crippen molar-refractivity contribution in [2.45, 2.75) is 6.18 Å². The van der Waals surface area contributed by atoms with Gasteiger partial charge in [-0.15, -0.1) is 0 Å². The molecule has 1 aliphatic heterocycles. The molecule has 4 aromatic carbocycles. The number of carbonyl (C=O) groups excluding carboxylic acids is 1. The quantitative estimate of drug-likeness (QED) is 0.264. The van der Waals surface area contributed by atoms with E-state index in [0.717, 1.165) is 55.7 Å². The number of nitrogens with one attached hydrogen (secondary N) is 1. The number of carbonyl (C=O) groups is 1. The van der Waals surface area contributed by atoms with Crippen molar-refractivity contribution >= 4 is 22.7 Å².